The van der Waals surface area contributed by atoms with E-state index in [-0.39, 0.29) is 17.8 Å². The minimum absolute atomic E-state index is 0.0283. The molecular weight excluding hydrogens is 245 g/mol. The molecule has 1 aliphatic carbocycles. The van der Waals surface area contributed by atoms with E-state index in [0.29, 0.717) is 19.6 Å². The lowest BCUT2D eigenvalue weighted by atomic mass is 9.69. The number of hydrogen-bond donors (Lipinski definition) is 2. The van der Waals surface area contributed by atoms with Crippen LogP contribution in [0.15, 0.2) is 24.3 Å². The van der Waals surface area contributed by atoms with Crippen LogP contribution in [0.2, 0.25) is 0 Å². The van der Waals surface area contributed by atoms with Crippen LogP contribution in [0, 0.1) is 11.7 Å². The lowest BCUT2D eigenvalue weighted by Gasteiger charge is -2.48. The second-order valence-electron chi connectivity index (χ2n) is 5.65. The van der Waals surface area contributed by atoms with Crippen LogP contribution in [-0.2, 0) is 4.74 Å². The molecule has 2 N–H and O–H groups in total. The number of rotatable bonds is 2. The van der Waals surface area contributed by atoms with Crippen molar-refractivity contribution < 1.29 is 14.2 Å². The van der Waals surface area contributed by atoms with E-state index < -0.39 is 5.60 Å². The summed E-state index contributed by atoms with van der Waals surface area (Å²) in [6.45, 7) is 1.27. The van der Waals surface area contributed by atoms with Gasteiger partial charge >= 0.3 is 0 Å². The van der Waals surface area contributed by atoms with E-state index >= 15 is 0 Å². The maximum Gasteiger partial charge on any atom is 0.123 e. The van der Waals surface area contributed by atoms with Gasteiger partial charge < -0.3 is 15.2 Å². The standard InChI is InChI=1S/C15H20FNO2/c16-12-4-6-13(7-5-12)17-14-3-1-2-11-10-19-9-8-15(11,14)18/h4-7,11,14,17-18H,1-3,8-10H2/t11-,14+,15?/m0/s1. The summed E-state index contributed by atoms with van der Waals surface area (Å²) in [5, 5.41) is 14.3. The molecular formula is C15H20FNO2. The molecule has 3 atom stereocenters. The summed E-state index contributed by atoms with van der Waals surface area (Å²) >= 11 is 0. The molecule has 1 heterocycles. The second-order valence-corrected chi connectivity index (χ2v) is 5.65. The highest BCUT2D eigenvalue weighted by Gasteiger charge is 2.47. The molecule has 0 aromatic heterocycles. The van der Waals surface area contributed by atoms with Crippen LogP contribution < -0.4 is 5.32 Å². The average molecular weight is 265 g/mol. The molecule has 0 bridgehead atoms. The van der Waals surface area contributed by atoms with Crippen molar-refractivity contribution in [2.45, 2.75) is 37.3 Å². The number of hydrogen-bond acceptors (Lipinski definition) is 3. The van der Waals surface area contributed by atoms with Crippen LogP contribution >= 0.6 is 0 Å². The Morgan fingerprint density at radius 3 is 2.84 bits per heavy atom. The van der Waals surface area contributed by atoms with Crippen LogP contribution in [0.1, 0.15) is 25.7 Å². The van der Waals surface area contributed by atoms with Gasteiger partial charge in [0.1, 0.15) is 5.82 Å². The quantitative estimate of drug-likeness (QED) is 0.863. The molecule has 3 nitrogen and oxygen atoms in total. The Morgan fingerprint density at radius 1 is 1.26 bits per heavy atom. The summed E-state index contributed by atoms with van der Waals surface area (Å²) in [5.74, 6) is -0.0233. The van der Waals surface area contributed by atoms with Gasteiger partial charge in [-0.25, -0.2) is 4.39 Å². The summed E-state index contributed by atoms with van der Waals surface area (Å²) in [6, 6.07) is 6.36. The maximum atomic E-state index is 12.9. The largest absolute Gasteiger partial charge is 0.387 e. The molecule has 2 fully saturated rings. The van der Waals surface area contributed by atoms with Gasteiger partial charge in [-0.2, -0.15) is 0 Å². The minimum Gasteiger partial charge on any atom is -0.387 e. The SMILES string of the molecule is OC12CCOC[C@@H]1CCC[C@H]2Nc1ccc(F)cc1. The lowest BCUT2D eigenvalue weighted by Crippen LogP contribution is -2.58. The van der Waals surface area contributed by atoms with E-state index in [2.05, 4.69) is 5.32 Å². The fourth-order valence-electron chi connectivity index (χ4n) is 3.36. The number of benzene rings is 1. The summed E-state index contributed by atoms with van der Waals surface area (Å²) in [6.07, 6.45) is 3.74. The first-order valence-corrected chi connectivity index (χ1v) is 7.01. The third-order valence-electron chi connectivity index (χ3n) is 4.51. The fourth-order valence-corrected chi connectivity index (χ4v) is 3.36. The monoisotopic (exact) mass is 265 g/mol. The van der Waals surface area contributed by atoms with E-state index in [0.717, 1.165) is 24.9 Å². The van der Waals surface area contributed by atoms with E-state index in [1.165, 1.54) is 12.1 Å². The van der Waals surface area contributed by atoms with Gasteiger partial charge in [-0.3, -0.25) is 0 Å². The summed E-state index contributed by atoms with van der Waals surface area (Å²) in [5.41, 5.74) is 0.178. The summed E-state index contributed by atoms with van der Waals surface area (Å²) < 4.78 is 18.4. The fraction of sp³-hybridized carbons (Fsp3) is 0.600. The van der Waals surface area contributed by atoms with E-state index in [1.54, 1.807) is 12.1 Å². The van der Waals surface area contributed by atoms with Gasteiger partial charge in [-0.1, -0.05) is 6.42 Å². The number of fused-ring (bicyclic) bond motifs is 1. The topological polar surface area (TPSA) is 41.5 Å². The molecule has 1 saturated carbocycles. The Balaban J connectivity index is 1.77. The zero-order valence-electron chi connectivity index (χ0n) is 10.9. The van der Waals surface area contributed by atoms with Gasteiger partial charge in [0, 0.05) is 24.6 Å². The van der Waals surface area contributed by atoms with Gasteiger partial charge in [0.15, 0.2) is 0 Å². The molecule has 1 aliphatic heterocycles. The lowest BCUT2D eigenvalue weighted by molar-refractivity contribution is -0.137. The van der Waals surface area contributed by atoms with Crippen LogP contribution in [-0.4, -0.2) is 30.0 Å². The van der Waals surface area contributed by atoms with Crippen LogP contribution in [0.25, 0.3) is 0 Å². The van der Waals surface area contributed by atoms with Crippen molar-refractivity contribution in [2.24, 2.45) is 5.92 Å². The molecule has 2 aliphatic rings. The predicted molar refractivity (Wildman–Crippen MR) is 71.5 cm³/mol. The molecule has 0 radical (unpaired) electrons. The molecule has 19 heavy (non-hydrogen) atoms. The normalized spacial score (nSPS) is 34.6. The van der Waals surface area contributed by atoms with Crippen molar-refractivity contribution in [3.05, 3.63) is 30.1 Å². The molecule has 0 spiro atoms. The number of halogens is 1. The van der Waals surface area contributed by atoms with Crippen molar-refractivity contribution in [3.63, 3.8) is 0 Å². The number of nitrogens with one attached hydrogen (secondary N) is 1. The van der Waals surface area contributed by atoms with Crippen LogP contribution in [0.3, 0.4) is 0 Å². The van der Waals surface area contributed by atoms with Gasteiger partial charge in [0.2, 0.25) is 0 Å². The number of ether oxygens (including phenoxy) is 1. The van der Waals surface area contributed by atoms with Gasteiger partial charge in [-0.15, -0.1) is 0 Å². The highest BCUT2D eigenvalue weighted by molar-refractivity contribution is 5.44. The van der Waals surface area contributed by atoms with E-state index in [1.807, 2.05) is 0 Å². The maximum absolute atomic E-state index is 12.9. The van der Waals surface area contributed by atoms with E-state index in [4.69, 9.17) is 4.74 Å². The Kier molecular flexibility index (Phi) is 3.46. The molecule has 0 amide bonds. The Hall–Kier alpha value is -1.13. The Bertz CT molecular complexity index is 434. The van der Waals surface area contributed by atoms with Crippen molar-refractivity contribution in [1.82, 2.24) is 0 Å². The summed E-state index contributed by atoms with van der Waals surface area (Å²) in [7, 11) is 0. The molecule has 1 aromatic rings. The Labute approximate surface area is 112 Å². The third-order valence-corrected chi connectivity index (χ3v) is 4.51. The van der Waals surface area contributed by atoms with Crippen molar-refractivity contribution in [3.8, 4) is 0 Å². The van der Waals surface area contributed by atoms with Gasteiger partial charge in [-0.05, 0) is 37.1 Å². The van der Waals surface area contributed by atoms with E-state index in [9.17, 15) is 9.50 Å². The molecule has 104 valence electrons. The Morgan fingerprint density at radius 2 is 2.05 bits per heavy atom. The molecule has 1 aromatic carbocycles. The minimum atomic E-state index is -0.690. The first-order valence-electron chi connectivity index (χ1n) is 7.01. The molecule has 1 saturated heterocycles. The highest BCUT2D eigenvalue weighted by Crippen LogP contribution is 2.40. The van der Waals surface area contributed by atoms with Crippen molar-refractivity contribution in [1.29, 1.82) is 0 Å². The van der Waals surface area contributed by atoms with Crippen molar-refractivity contribution in [2.75, 3.05) is 18.5 Å². The van der Waals surface area contributed by atoms with Crippen LogP contribution in [0.5, 0.6) is 0 Å². The molecule has 3 rings (SSSR count). The van der Waals surface area contributed by atoms with Gasteiger partial charge in [0.05, 0.1) is 18.2 Å². The highest BCUT2D eigenvalue weighted by atomic mass is 19.1. The van der Waals surface area contributed by atoms with Crippen molar-refractivity contribution >= 4 is 5.69 Å². The molecule has 1 unspecified atom stereocenters. The second kappa shape index (κ2) is 5.10. The molecule has 4 heteroatoms. The van der Waals surface area contributed by atoms with Crippen LogP contribution in [0.4, 0.5) is 10.1 Å². The zero-order valence-corrected chi connectivity index (χ0v) is 10.9. The zero-order chi connectivity index (χ0) is 13.3. The smallest absolute Gasteiger partial charge is 0.123 e. The third kappa shape index (κ3) is 2.47. The number of anilines is 1. The predicted octanol–water partition coefficient (Wildman–Crippen LogP) is 2.56. The summed E-state index contributed by atoms with van der Waals surface area (Å²) in [4.78, 5) is 0. The number of aliphatic hydroxyl groups is 1. The van der Waals surface area contributed by atoms with Gasteiger partial charge in [0.25, 0.3) is 0 Å². The first-order chi connectivity index (χ1) is 9.18. The average Bonchev–Trinajstić information content (AvgIpc) is 2.42. The first kappa shape index (κ1) is 12.9.